The van der Waals surface area contributed by atoms with E-state index in [9.17, 15) is 4.79 Å². The van der Waals surface area contributed by atoms with E-state index in [0.29, 0.717) is 6.42 Å². The molecule has 0 spiro atoms. The van der Waals surface area contributed by atoms with Gasteiger partial charge in [-0.25, -0.2) is 0 Å². The van der Waals surface area contributed by atoms with E-state index in [-0.39, 0.29) is 11.4 Å². The van der Waals surface area contributed by atoms with Gasteiger partial charge in [-0.15, -0.1) is 0 Å². The predicted octanol–water partition coefficient (Wildman–Crippen LogP) is 1.48. The Hall–Kier alpha value is -1.08. The molecule has 0 aliphatic carbocycles. The van der Waals surface area contributed by atoms with Gasteiger partial charge >= 0.3 is 0 Å². The first-order valence-electron chi connectivity index (χ1n) is 6.33. The maximum atomic E-state index is 12.0. The molecule has 17 heavy (non-hydrogen) atoms. The van der Waals surface area contributed by atoms with Crippen molar-refractivity contribution >= 4 is 5.91 Å². The summed E-state index contributed by atoms with van der Waals surface area (Å²) in [4.78, 5) is 16.2. The third kappa shape index (κ3) is 3.44. The third-order valence-corrected chi connectivity index (χ3v) is 3.40. The highest BCUT2D eigenvalue weighted by molar-refractivity contribution is 5.81. The van der Waals surface area contributed by atoms with Crippen molar-refractivity contribution < 1.29 is 4.79 Å². The quantitative estimate of drug-likeness (QED) is 0.731. The normalized spacial score (nSPS) is 19.8. The number of carbonyl (C=O) groups excluding carboxylic acids is 1. The lowest BCUT2D eigenvalue weighted by Crippen LogP contribution is -2.55. The van der Waals surface area contributed by atoms with Crippen LogP contribution >= 0.6 is 0 Å². The highest BCUT2D eigenvalue weighted by atomic mass is 16.2. The van der Waals surface area contributed by atoms with Crippen LogP contribution in [0.15, 0.2) is 0 Å². The number of nitrogens with zero attached hydrogens (tertiary/aromatic N) is 3. The summed E-state index contributed by atoms with van der Waals surface area (Å²) < 4.78 is 0. The van der Waals surface area contributed by atoms with E-state index in [1.807, 2.05) is 11.8 Å². The summed E-state index contributed by atoms with van der Waals surface area (Å²) in [6, 6.07) is 2.09. The van der Waals surface area contributed by atoms with Crippen LogP contribution in [0.1, 0.15) is 34.1 Å². The van der Waals surface area contributed by atoms with Gasteiger partial charge in [0.1, 0.15) is 5.92 Å². The largest absolute Gasteiger partial charge is 0.339 e. The predicted molar refractivity (Wildman–Crippen MR) is 67.3 cm³/mol. The number of hydrogen-bond donors (Lipinski definition) is 0. The molecule has 0 aromatic carbocycles. The van der Waals surface area contributed by atoms with Gasteiger partial charge in [0, 0.05) is 31.7 Å². The Kier molecular flexibility index (Phi) is 4.53. The second kappa shape index (κ2) is 5.50. The van der Waals surface area contributed by atoms with Gasteiger partial charge in [0.15, 0.2) is 0 Å². The van der Waals surface area contributed by atoms with Crippen LogP contribution in [0, 0.1) is 17.2 Å². The van der Waals surface area contributed by atoms with Crippen molar-refractivity contribution in [2.75, 3.05) is 26.2 Å². The monoisotopic (exact) mass is 237 g/mol. The fourth-order valence-electron chi connectivity index (χ4n) is 2.14. The molecule has 1 amide bonds. The van der Waals surface area contributed by atoms with Crippen molar-refractivity contribution in [3.63, 3.8) is 0 Å². The fraction of sp³-hybridized carbons (Fsp3) is 0.846. The molecule has 1 heterocycles. The molecule has 0 N–H and O–H groups in total. The Balaban J connectivity index is 2.53. The van der Waals surface area contributed by atoms with Gasteiger partial charge in [-0.05, 0) is 27.2 Å². The summed E-state index contributed by atoms with van der Waals surface area (Å²) in [5.41, 5.74) is 0.161. The standard InChI is InChI=1S/C13H23N3O/c1-5-11(10-14)12(17)15-6-8-16(9-7-15)13(2,3)4/h11H,5-9H2,1-4H3. The van der Waals surface area contributed by atoms with E-state index in [0.717, 1.165) is 26.2 Å². The number of piperazine rings is 1. The molecule has 1 rings (SSSR count). The lowest BCUT2D eigenvalue weighted by Gasteiger charge is -2.42. The van der Waals surface area contributed by atoms with Crippen LogP contribution in [0.4, 0.5) is 0 Å². The molecular weight excluding hydrogens is 214 g/mol. The van der Waals surface area contributed by atoms with Crippen LogP contribution in [-0.2, 0) is 4.79 Å². The fourth-order valence-corrected chi connectivity index (χ4v) is 2.14. The molecule has 1 saturated heterocycles. The molecule has 1 atom stereocenters. The molecule has 4 nitrogen and oxygen atoms in total. The minimum Gasteiger partial charge on any atom is -0.339 e. The number of rotatable bonds is 2. The Morgan fingerprint density at radius 2 is 1.82 bits per heavy atom. The topological polar surface area (TPSA) is 47.3 Å². The maximum absolute atomic E-state index is 12.0. The second-order valence-electron chi connectivity index (χ2n) is 5.57. The van der Waals surface area contributed by atoms with E-state index in [2.05, 4.69) is 31.7 Å². The number of carbonyl (C=O) groups is 1. The van der Waals surface area contributed by atoms with Crippen molar-refractivity contribution in [3.05, 3.63) is 0 Å². The summed E-state index contributed by atoms with van der Waals surface area (Å²) in [7, 11) is 0. The van der Waals surface area contributed by atoms with Gasteiger partial charge in [0.25, 0.3) is 0 Å². The van der Waals surface area contributed by atoms with Crippen LogP contribution in [-0.4, -0.2) is 47.4 Å². The van der Waals surface area contributed by atoms with Gasteiger partial charge in [0.05, 0.1) is 6.07 Å². The number of amides is 1. The van der Waals surface area contributed by atoms with Gasteiger partial charge in [-0.1, -0.05) is 6.92 Å². The first kappa shape index (κ1) is 14.0. The molecule has 4 heteroatoms. The lowest BCUT2D eigenvalue weighted by atomic mass is 10.0. The van der Waals surface area contributed by atoms with E-state index in [4.69, 9.17) is 5.26 Å². The van der Waals surface area contributed by atoms with E-state index >= 15 is 0 Å². The summed E-state index contributed by atoms with van der Waals surface area (Å²) in [5, 5.41) is 8.90. The van der Waals surface area contributed by atoms with E-state index in [1.165, 1.54) is 0 Å². The highest BCUT2D eigenvalue weighted by Gasteiger charge is 2.30. The Morgan fingerprint density at radius 1 is 1.29 bits per heavy atom. The summed E-state index contributed by atoms with van der Waals surface area (Å²) in [6.45, 7) is 11.7. The maximum Gasteiger partial charge on any atom is 0.240 e. The highest BCUT2D eigenvalue weighted by Crippen LogP contribution is 2.17. The molecule has 0 saturated carbocycles. The minimum atomic E-state index is -0.462. The summed E-state index contributed by atoms with van der Waals surface area (Å²) in [6.07, 6.45) is 0.606. The lowest BCUT2D eigenvalue weighted by molar-refractivity contribution is -0.136. The smallest absolute Gasteiger partial charge is 0.240 e. The van der Waals surface area contributed by atoms with Crippen LogP contribution in [0.5, 0.6) is 0 Å². The van der Waals surface area contributed by atoms with Gasteiger partial charge in [-0.2, -0.15) is 5.26 Å². The average Bonchev–Trinajstić information content (AvgIpc) is 2.29. The molecule has 1 aliphatic heterocycles. The zero-order valence-electron chi connectivity index (χ0n) is 11.4. The minimum absolute atomic E-state index is 0.00330. The van der Waals surface area contributed by atoms with Crippen LogP contribution < -0.4 is 0 Å². The molecular formula is C13H23N3O. The van der Waals surface area contributed by atoms with E-state index < -0.39 is 5.92 Å². The van der Waals surface area contributed by atoms with Crippen molar-refractivity contribution in [2.45, 2.75) is 39.7 Å². The third-order valence-electron chi connectivity index (χ3n) is 3.40. The molecule has 1 aliphatic rings. The second-order valence-corrected chi connectivity index (χ2v) is 5.57. The van der Waals surface area contributed by atoms with E-state index in [1.54, 1.807) is 0 Å². The molecule has 0 aromatic rings. The zero-order valence-corrected chi connectivity index (χ0v) is 11.4. The molecule has 96 valence electrons. The van der Waals surface area contributed by atoms with Crippen LogP contribution in [0.2, 0.25) is 0 Å². The summed E-state index contributed by atoms with van der Waals surface area (Å²) >= 11 is 0. The van der Waals surface area contributed by atoms with Crippen molar-refractivity contribution in [2.24, 2.45) is 5.92 Å². The molecule has 0 aromatic heterocycles. The molecule has 1 fully saturated rings. The first-order valence-corrected chi connectivity index (χ1v) is 6.33. The number of nitriles is 1. The van der Waals surface area contributed by atoms with Crippen molar-refractivity contribution in [1.82, 2.24) is 9.80 Å². The van der Waals surface area contributed by atoms with Crippen LogP contribution in [0.25, 0.3) is 0 Å². The van der Waals surface area contributed by atoms with Gasteiger partial charge in [-0.3, -0.25) is 9.69 Å². The Morgan fingerprint density at radius 3 is 2.18 bits per heavy atom. The SMILES string of the molecule is CCC(C#N)C(=O)N1CCN(C(C)(C)C)CC1. The number of hydrogen-bond acceptors (Lipinski definition) is 3. The Bertz CT molecular complexity index is 306. The average molecular weight is 237 g/mol. The molecule has 0 radical (unpaired) electrons. The molecule has 1 unspecified atom stereocenters. The van der Waals surface area contributed by atoms with Crippen molar-refractivity contribution in [1.29, 1.82) is 5.26 Å². The van der Waals surface area contributed by atoms with Crippen LogP contribution in [0.3, 0.4) is 0 Å². The van der Waals surface area contributed by atoms with Gasteiger partial charge < -0.3 is 4.90 Å². The molecule has 0 bridgehead atoms. The summed E-state index contributed by atoms with van der Waals surface area (Å²) in [5.74, 6) is -0.459. The Labute approximate surface area is 104 Å². The zero-order chi connectivity index (χ0) is 13.1. The van der Waals surface area contributed by atoms with Gasteiger partial charge in [0.2, 0.25) is 5.91 Å². The van der Waals surface area contributed by atoms with Crippen molar-refractivity contribution in [3.8, 4) is 6.07 Å². The first-order chi connectivity index (χ1) is 7.90.